The van der Waals surface area contributed by atoms with Gasteiger partial charge in [-0.15, -0.1) is 6.58 Å². The molecule has 0 aromatic heterocycles. The molecule has 1 N–H and O–H groups in total. The fourth-order valence-corrected chi connectivity index (χ4v) is 4.99. The quantitative estimate of drug-likeness (QED) is 0.554. The summed E-state index contributed by atoms with van der Waals surface area (Å²) in [5, 5.41) is 2.49. The summed E-state index contributed by atoms with van der Waals surface area (Å²) < 4.78 is 32.9. The Morgan fingerprint density at radius 3 is 2.76 bits per heavy atom. The van der Waals surface area contributed by atoms with E-state index in [9.17, 15) is 18.0 Å². The van der Waals surface area contributed by atoms with Crippen LogP contribution in [0.15, 0.2) is 66.1 Å². The van der Waals surface area contributed by atoms with Gasteiger partial charge >= 0.3 is 5.97 Å². The molecule has 1 aliphatic heterocycles. The van der Waals surface area contributed by atoms with Crippen LogP contribution in [-0.4, -0.2) is 39.5 Å². The molecule has 0 fully saturated rings. The van der Waals surface area contributed by atoms with Crippen molar-refractivity contribution >= 4 is 27.6 Å². The molecule has 0 spiro atoms. The molecule has 8 heteroatoms. The summed E-state index contributed by atoms with van der Waals surface area (Å²) in [5.74, 6) is -1.24. The van der Waals surface area contributed by atoms with Crippen molar-refractivity contribution in [1.82, 2.24) is 5.32 Å². The highest BCUT2D eigenvalue weighted by Crippen LogP contribution is 2.36. The Balaban J connectivity index is 1.81. The van der Waals surface area contributed by atoms with Gasteiger partial charge in [0.2, 0.25) is 0 Å². The minimum Gasteiger partial charge on any atom is -0.452 e. The number of benzene rings is 2. The van der Waals surface area contributed by atoms with Gasteiger partial charge < -0.3 is 10.1 Å². The van der Waals surface area contributed by atoms with E-state index in [4.69, 9.17) is 4.74 Å². The molecule has 1 atom stereocenters. The van der Waals surface area contributed by atoms with Crippen molar-refractivity contribution in [2.75, 3.05) is 17.5 Å². The fraction of sp³-hybridized carbons (Fsp3) is 0.238. The number of carbonyl (C=O) groups is 2. The predicted molar refractivity (Wildman–Crippen MR) is 109 cm³/mol. The molecule has 2 aromatic carbocycles. The van der Waals surface area contributed by atoms with Crippen LogP contribution >= 0.6 is 0 Å². The van der Waals surface area contributed by atoms with Gasteiger partial charge in [0.25, 0.3) is 15.9 Å². The smallest absolute Gasteiger partial charge is 0.338 e. The molecule has 152 valence electrons. The van der Waals surface area contributed by atoms with Crippen molar-refractivity contribution in [2.45, 2.75) is 24.3 Å². The number of fused-ring (bicyclic) bond motifs is 1. The van der Waals surface area contributed by atoms with Crippen LogP contribution in [0.2, 0.25) is 0 Å². The van der Waals surface area contributed by atoms with E-state index in [1.165, 1.54) is 34.6 Å². The Morgan fingerprint density at radius 1 is 1.24 bits per heavy atom. The lowest BCUT2D eigenvalue weighted by Crippen LogP contribution is -2.35. The van der Waals surface area contributed by atoms with E-state index in [1.54, 1.807) is 12.1 Å². The van der Waals surface area contributed by atoms with Crippen LogP contribution in [0.25, 0.3) is 0 Å². The number of ether oxygens (including phenoxy) is 1. The van der Waals surface area contributed by atoms with E-state index in [0.29, 0.717) is 12.1 Å². The lowest BCUT2D eigenvalue weighted by Gasteiger charge is -2.24. The standard InChI is InChI=1S/C21H22N2O5S/c1-3-11-22-20(24)14-28-21(25)17-8-6-9-18(13-17)29(26,27)23-15(2)12-16-7-4-5-10-19(16)23/h3-10,13,15H,1,11-12,14H2,2H3,(H,22,24). The Morgan fingerprint density at radius 2 is 2.00 bits per heavy atom. The number of nitrogens with zero attached hydrogens (tertiary/aromatic N) is 1. The number of sulfonamides is 1. The van der Waals surface area contributed by atoms with Crippen LogP contribution in [0.5, 0.6) is 0 Å². The van der Waals surface area contributed by atoms with Gasteiger partial charge in [-0.1, -0.05) is 30.3 Å². The Labute approximate surface area is 170 Å². The summed E-state index contributed by atoms with van der Waals surface area (Å²) >= 11 is 0. The highest BCUT2D eigenvalue weighted by Gasteiger charge is 2.36. The predicted octanol–water partition coefficient (Wildman–Crippen LogP) is 2.29. The first-order chi connectivity index (χ1) is 13.8. The van der Waals surface area contributed by atoms with Crippen LogP contribution in [0.1, 0.15) is 22.8 Å². The molecule has 0 aliphatic carbocycles. The number of hydrogen-bond donors (Lipinski definition) is 1. The van der Waals surface area contributed by atoms with Crippen LogP contribution in [0.3, 0.4) is 0 Å². The highest BCUT2D eigenvalue weighted by molar-refractivity contribution is 7.92. The third kappa shape index (κ3) is 4.32. The molecule has 2 aromatic rings. The molecule has 3 rings (SSSR count). The number of carbonyl (C=O) groups excluding carboxylic acids is 2. The van der Waals surface area contributed by atoms with Crippen molar-refractivity contribution < 1.29 is 22.7 Å². The van der Waals surface area contributed by atoms with Crippen molar-refractivity contribution in [3.05, 3.63) is 72.3 Å². The first-order valence-electron chi connectivity index (χ1n) is 9.11. The summed E-state index contributed by atoms with van der Waals surface area (Å²) in [6, 6.07) is 12.8. The Hall–Kier alpha value is -3.13. The van der Waals surface area contributed by atoms with Crippen molar-refractivity contribution in [3.63, 3.8) is 0 Å². The van der Waals surface area contributed by atoms with Gasteiger partial charge in [0.15, 0.2) is 6.61 Å². The summed E-state index contributed by atoms with van der Waals surface area (Å²) in [6.07, 6.45) is 2.13. The van der Waals surface area contributed by atoms with E-state index >= 15 is 0 Å². The minimum absolute atomic E-state index is 0.00777. The summed E-state index contributed by atoms with van der Waals surface area (Å²) in [7, 11) is -3.87. The number of esters is 1. The first kappa shape index (κ1) is 20.6. The van der Waals surface area contributed by atoms with Gasteiger partial charge in [-0.2, -0.15) is 0 Å². The van der Waals surface area contributed by atoms with Gasteiger partial charge in [-0.05, 0) is 43.2 Å². The molecule has 1 aliphatic rings. The second-order valence-electron chi connectivity index (χ2n) is 6.68. The fourth-order valence-electron chi connectivity index (χ4n) is 3.25. The zero-order chi connectivity index (χ0) is 21.0. The molecule has 1 unspecified atom stereocenters. The summed E-state index contributed by atoms with van der Waals surface area (Å²) in [4.78, 5) is 23.8. The first-order valence-corrected chi connectivity index (χ1v) is 10.6. The molecule has 7 nitrogen and oxygen atoms in total. The lowest BCUT2D eigenvalue weighted by molar-refractivity contribution is -0.124. The van der Waals surface area contributed by atoms with E-state index < -0.39 is 28.5 Å². The van der Waals surface area contributed by atoms with Crippen molar-refractivity contribution in [1.29, 1.82) is 0 Å². The topological polar surface area (TPSA) is 92.8 Å². The lowest BCUT2D eigenvalue weighted by atomic mass is 10.1. The normalized spacial score (nSPS) is 15.5. The highest BCUT2D eigenvalue weighted by atomic mass is 32.2. The number of hydrogen-bond acceptors (Lipinski definition) is 5. The van der Waals surface area contributed by atoms with Crippen LogP contribution in [0, 0.1) is 0 Å². The third-order valence-electron chi connectivity index (χ3n) is 4.55. The Bertz CT molecular complexity index is 1050. The molecular formula is C21H22N2O5S. The zero-order valence-electron chi connectivity index (χ0n) is 16.0. The van der Waals surface area contributed by atoms with Gasteiger partial charge in [0.05, 0.1) is 16.1 Å². The zero-order valence-corrected chi connectivity index (χ0v) is 16.8. The Kier molecular flexibility index (Phi) is 6.03. The molecule has 0 radical (unpaired) electrons. The second-order valence-corrected chi connectivity index (χ2v) is 8.49. The molecule has 0 bridgehead atoms. The van der Waals surface area contributed by atoms with E-state index in [-0.39, 0.29) is 23.0 Å². The van der Waals surface area contributed by atoms with Crippen LogP contribution in [-0.2, 0) is 26.0 Å². The number of anilines is 1. The number of amides is 1. The molecule has 1 amide bonds. The largest absolute Gasteiger partial charge is 0.452 e. The maximum Gasteiger partial charge on any atom is 0.338 e. The molecule has 1 heterocycles. The van der Waals surface area contributed by atoms with Crippen LogP contribution < -0.4 is 9.62 Å². The maximum atomic E-state index is 13.3. The second kappa shape index (κ2) is 8.48. The average Bonchev–Trinajstić information content (AvgIpc) is 3.06. The van der Waals surface area contributed by atoms with Gasteiger partial charge in [0, 0.05) is 12.6 Å². The number of nitrogens with one attached hydrogen (secondary N) is 1. The third-order valence-corrected chi connectivity index (χ3v) is 6.47. The molecule has 29 heavy (non-hydrogen) atoms. The van der Waals surface area contributed by atoms with Gasteiger partial charge in [-0.25, -0.2) is 13.2 Å². The summed E-state index contributed by atoms with van der Waals surface area (Å²) in [6.45, 7) is 5.13. The van der Waals surface area contributed by atoms with E-state index in [0.717, 1.165) is 5.56 Å². The summed E-state index contributed by atoms with van der Waals surface area (Å²) in [5.41, 5.74) is 1.67. The van der Waals surface area contributed by atoms with Gasteiger partial charge in [0.1, 0.15) is 0 Å². The number of para-hydroxylation sites is 1. The molecule has 0 saturated carbocycles. The minimum atomic E-state index is -3.87. The molecular weight excluding hydrogens is 392 g/mol. The monoisotopic (exact) mass is 414 g/mol. The van der Waals surface area contributed by atoms with E-state index in [1.807, 2.05) is 19.1 Å². The SMILES string of the molecule is C=CCNC(=O)COC(=O)c1cccc(S(=O)(=O)N2c3ccccc3CC2C)c1. The maximum absolute atomic E-state index is 13.3. The van der Waals surface area contributed by atoms with Crippen LogP contribution in [0.4, 0.5) is 5.69 Å². The number of rotatable bonds is 7. The molecule has 0 saturated heterocycles. The average molecular weight is 414 g/mol. The van der Waals surface area contributed by atoms with Gasteiger partial charge in [-0.3, -0.25) is 9.10 Å². The van der Waals surface area contributed by atoms with Crippen molar-refractivity contribution in [3.8, 4) is 0 Å². The van der Waals surface area contributed by atoms with Crippen molar-refractivity contribution in [2.24, 2.45) is 0 Å². The van der Waals surface area contributed by atoms with E-state index in [2.05, 4.69) is 11.9 Å².